The van der Waals surface area contributed by atoms with Crippen LogP contribution in [0.25, 0.3) is 0 Å². The van der Waals surface area contributed by atoms with Gasteiger partial charge in [-0.1, -0.05) is 22.9 Å². The molecule has 1 aliphatic heterocycles. The van der Waals surface area contributed by atoms with E-state index in [0.717, 1.165) is 17.4 Å². The first-order valence-corrected chi connectivity index (χ1v) is 7.30. The molecular formula is C14H19BrN2O2. The van der Waals surface area contributed by atoms with Gasteiger partial charge >= 0.3 is 0 Å². The van der Waals surface area contributed by atoms with Gasteiger partial charge < -0.3 is 15.7 Å². The molecule has 2 rings (SSSR count). The molecule has 1 aromatic rings. The molecule has 1 heterocycles. The van der Waals surface area contributed by atoms with Gasteiger partial charge in [-0.15, -0.1) is 0 Å². The number of hydrogen-bond acceptors (Lipinski definition) is 3. The second kappa shape index (κ2) is 5.92. The van der Waals surface area contributed by atoms with E-state index in [9.17, 15) is 9.90 Å². The number of amides is 1. The van der Waals surface area contributed by atoms with E-state index in [4.69, 9.17) is 5.73 Å². The van der Waals surface area contributed by atoms with Crippen LogP contribution in [0.1, 0.15) is 23.7 Å². The summed E-state index contributed by atoms with van der Waals surface area (Å²) in [5, 5.41) is 9.87. The van der Waals surface area contributed by atoms with Crippen molar-refractivity contribution in [1.82, 2.24) is 4.90 Å². The highest BCUT2D eigenvalue weighted by Crippen LogP contribution is 2.27. The van der Waals surface area contributed by atoms with Gasteiger partial charge in [0.15, 0.2) is 0 Å². The highest BCUT2D eigenvalue weighted by atomic mass is 79.9. The zero-order valence-electron chi connectivity index (χ0n) is 11.0. The fraction of sp³-hybridized carbons (Fsp3) is 0.500. The fourth-order valence-electron chi connectivity index (χ4n) is 2.50. The largest absolute Gasteiger partial charge is 0.507 e. The number of piperidine rings is 1. The van der Waals surface area contributed by atoms with Crippen LogP contribution in [-0.2, 0) is 0 Å². The minimum atomic E-state index is -0.115. The Morgan fingerprint density at radius 3 is 2.95 bits per heavy atom. The summed E-state index contributed by atoms with van der Waals surface area (Å²) < 4.78 is 0.758. The number of nitrogens with two attached hydrogens (primary N) is 1. The number of halogens is 1. The summed E-state index contributed by atoms with van der Waals surface area (Å²) in [6.45, 7) is 4.17. The van der Waals surface area contributed by atoms with Crippen LogP contribution < -0.4 is 5.73 Å². The molecule has 0 saturated carbocycles. The first-order valence-electron chi connectivity index (χ1n) is 6.50. The minimum Gasteiger partial charge on any atom is -0.507 e. The lowest BCUT2D eigenvalue weighted by Crippen LogP contribution is -2.45. The molecule has 104 valence electrons. The molecule has 1 aliphatic rings. The highest BCUT2D eigenvalue weighted by molar-refractivity contribution is 9.10. The van der Waals surface area contributed by atoms with Crippen molar-refractivity contribution in [3.8, 4) is 5.75 Å². The Balaban J connectivity index is 2.15. The van der Waals surface area contributed by atoms with Crippen LogP contribution in [-0.4, -0.2) is 35.5 Å². The van der Waals surface area contributed by atoms with Crippen molar-refractivity contribution in [3.05, 3.63) is 28.2 Å². The number of likely N-dealkylation sites (tertiary alicyclic amines) is 1. The van der Waals surface area contributed by atoms with Gasteiger partial charge in [-0.2, -0.15) is 0 Å². The molecule has 5 heteroatoms. The van der Waals surface area contributed by atoms with Crippen molar-refractivity contribution in [2.24, 2.45) is 17.6 Å². The molecule has 0 bridgehead atoms. The maximum atomic E-state index is 12.4. The summed E-state index contributed by atoms with van der Waals surface area (Å²) in [5.41, 5.74) is 6.11. The summed E-state index contributed by atoms with van der Waals surface area (Å²) in [7, 11) is 0. The van der Waals surface area contributed by atoms with Crippen LogP contribution in [0, 0.1) is 11.8 Å². The number of rotatable bonds is 2. The van der Waals surface area contributed by atoms with Gasteiger partial charge in [0.2, 0.25) is 0 Å². The average Bonchev–Trinajstić information content (AvgIpc) is 2.38. The van der Waals surface area contributed by atoms with Gasteiger partial charge in [0, 0.05) is 17.6 Å². The summed E-state index contributed by atoms with van der Waals surface area (Å²) in [6.07, 6.45) is 0.963. The molecule has 1 saturated heterocycles. The van der Waals surface area contributed by atoms with Crippen molar-refractivity contribution in [2.75, 3.05) is 19.6 Å². The van der Waals surface area contributed by atoms with Gasteiger partial charge in [0.05, 0.1) is 5.56 Å². The molecule has 19 heavy (non-hydrogen) atoms. The molecule has 0 aliphatic carbocycles. The Labute approximate surface area is 121 Å². The average molecular weight is 327 g/mol. The molecule has 1 aromatic carbocycles. The Hall–Kier alpha value is -1.07. The number of phenols is 1. The van der Waals surface area contributed by atoms with E-state index in [1.807, 2.05) is 0 Å². The van der Waals surface area contributed by atoms with Crippen molar-refractivity contribution in [1.29, 1.82) is 0 Å². The molecule has 2 unspecified atom stereocenters. The quantitative estimate of drug-likeness (QED) is 0.875. The standard InChI is InChI=1S/C14H19BrN2O2/c1-9-4-5-17(8-10(9)7-16)14(19)12-3-2-11(15)6-13(12)18/h2-3,6,9-10,18H,4-5,7-8,16H2,1H3. The van der Waals surface area contributed by atoms with E-state index in [-0.39, 0.29) is 11.7 Å². The Morgan fingerprint density at radius 2 is 2.32 bits per heavy atom. The Kier molecular flexibility index (Phi) is 4.47. The normalized spacial score (nSPS) is 23.4. The van der Waals surface area contributed by atoms with Crippen molar-refractivity contribution in [2.45, 2.75) is 13.3 Å². The molecule has 1 fully saturated rings. The Bertz CT molecular complexity index is 479. The summed E-state index contributed by atoms with van der Waals surface area (Å²) in [4.78, 5) is 14.2. The lowest BCUT2D eigenvalue weighted by Gasteiger charge is -2.36. The summed E-state index contributed by atoms with van der Waals surface area (Å²) >= 11 is 3.27. The SMILES string of the molecule is CC1CCN(C(=O)c2ccc(Br)cc2O)CC1CN. The highest BCUT2D eigenvalue weighted by Gasteiger charge is 2.29. The monoisotopic (exact) mass is 326 g/mol. The molecule has 0 radical (unpaired) electrons. The molecule has 4 nitrogen and oxygen atoms in total. The lowest BCUT2D eigenvalue weighted by atomic mass is 9.87. The zero-order valence-corrected chi connectivity index (χ0v) is 12.6. The van der Waals surface area contributed by atoms with Crippen LogP contribution >= 0.6 is 15.9 Å². The fourth-order valence-corrected chi connectivity index (χ4v) is 2.85. The van der Waals surface area contributed by atoms with Crippen LogP contribution in [0.2, 0.25) is 0 Å². The third kappa shape index (κ3) is 3.09. The predicted octanol–water partition coefficient (Wildman–Crippen LogP) is 2.21. The zero-order chi connectivity index (χ0) is 14.0. The molecule has 0 spiro atoms. The van der Waals surface area contributed by atoms with Gasteiger partial charge in [0.25, 0.3) is 5.91 Å². The predicted molar refractivity (Wildman–Crippen MR) is 78.0 cm³/mol. The summed E-state index contributed by atoms with van der Waals surface area (Å²) in [6, 6.07) is 4.96. The van der Waals surface area contributed by atoms with E-state index in [1.165, 1.54) is 0 Å². The van der Waals surface area contributed by atoms with E-state index < -0.39 is 0 Å². The van der Waals surface area contributed by atoms with E-state index in [2.05, 4.69) is 22.9 Å². The number of carbonyl (C=O) groups is 1. The minimum absolute atomic E-state index is 0.0160. The lowest BCUT2D eigenvalue weighted by molar-refractivity contribution is 0.0615. The van der Waals surface area contributed by atoms with E-state index >= 15 is 0 Å². The maximum Gasteiger partial charge on any atom is 0.257 e. The molecule has 1 amide bonds. The number of benzene rings is 1. The molecule has 3 N–H and O–H groups in total. The third-order valence-electron chi connectivity index (χ3n) is 3.89. The van der Waals surface area contributed by atoms with Gasteiger partial charge in [-0.3, -0.25) is 4.79 Å². The molecular weight excluding hydrogens is 308 g/mol. The van der Waals surface area contributed by atoms with Gasteiger partial charge in [0.1, 0.15) is 5.75 Å². The van der Waals surface area contributed by atoms with E-state index in [0.29, 0.717) is 30.5 Å². The molecule has 0 aromatic heterocycles. The topological polar surface area (TPSA) is 66.6 Å². The van der Waals surface area contributed by atoms with E-state index in [1.54, 1.807) is 23.1 Å². The smallest absolute Gasteiger partial charge is 0.257 e. The Morgan fingerprint density at radius 1 is 1.58 bits per heavy atom. The number of phenolic OH excluding ortho intramolecular Hbond substituents is 1. The molecule has 2 atom stereocenters. The number of hydrogen-bond donors (Lipinski definition) is 2. The number of aromatic hydroxyl groups is 1. The van der Waals surface area contributed by atoms with Gasteiger partial charge in [-0.25, -0.2) is 0 Å². The maximum absolute atomic E-state index is 12.4. The van der Waals surface area contributed by atoms with Crippen LogP contribution in [0.5, 0.6) is 5.75 Å². The van der Waals surface area contributed by atoms with Crippen molar-refractivity contribution >= 4 is 21.8 Å². The number of carbonyl (C=O) groups excluding carboxylic acids is 1. The summed E-state index contributed by atoms with van der Waals surface area (Å²) in [5.74, 6) is 0.792. The van der Waals surface area contributed by atoms with Crippen LogP contribution in [0.15, 0.2) is 22.7 Å². The number of nitrogens with zero attached hydrogens (tertiary/aromatic N) is 1. The third-order valence-corrected chi connectivity index (χ3v) is 4.39. The second-order valence-corrected chi connectivity index (χ2v) is 6.09. The van der Waals surface area contributed by atoms with Crippen molar-refractivity contribution in [3.63, 3.8) is 0 Å². The van der Waals surface area contributed by atoms with Gasteiger partial charge in [-0.05, 0) is 43.0 Å². The van der Waals surface area contributed by atoms with Crippen LogP contribution in [0.4, 0.5) is 0 Å². The van der Waals surface area contributed by atoms with Crippen LogP contribution in [0.3, 0.4) is 0 Å². The van der Waals surface area contributed by atoms with Crippen molar-refractivity contribution < 1.29 is 9.90 Å². The first-order chi connectivity index (χ1) is 9.02. The second-order valence-electron chi connectivity index (χ2n) is 5.17. The first kappa shape index (κ1) is 14.3.